The van der Waals surface area contributed by atoms with Crippen LogP contribution in [0.3, 0.4) is 0 Å². The number of amides is 1. The van der Waals surface area contributed by atoms with Gasteiger partial charge < -0.3 is 5.32 Å². The molecule has 0 heterocycles. The van der Waals surface area contributed by atoms with E-state index in [-0.39, 0.29) is 31.2 Å². The molecule has 19 heavy (non-hydrogen) atoms. The zero-order valence-corrected chi connectivity index (χ0v) is 11.2. The summed E-state index contributed by atoms with van der Waals surface area (Å²) < 4.78 is 26.2. The Kier molecular flexibility index (Phi) is 3.88. The monoisotopic (exact) mass is 267 g/mol. The molecule has 1 aliphatic carbocycles. The molecule has 2 nitrogen and oxygen atoms in total. The van der Waals surface area contributed by atoms with E-state index in [2.05, 4.69) is 5.32 Å². The Morgan fingerprint density at radius 1 is 1.37 bits per heavy atom. The summed E-state index contributed by atoms with van der Waals surface area (Å²) in [5.41, 5.74) is 2.14. The molecule has 1 aliphatic rings. The second-order valence-corrected chi connectivity index (χ2v) is 5.44. The second-order valence-electron chi connectivity index (χ2n) is 5.44. The van der Waals surface area contributed by atoms with E-state index >= 15 is 0 Å². The molecule has 0 spiro atoms. The third kappa shape index (κ3) is 3.52. The topological polar surface area (TPSA) is 29.1 Å². The van der Waals surface area contributed by atoms with Crippen molar-refractivity contribution in [2.75, 3.05) is 0 Å². The van der Waals surface area contributed by atoms with Crippen molar-refractivity contribution >= 4 is 5.91 Å². The zero-order valence-electron chi connectivity index (χ0n) is 11.2. The first-order chi connectivity index (χ1) is 8.87. The Balaban J connectivity index is 1.94. The summed E-state index contributed by atoms with van der Waals surface area (Å²) in [4.78, 5) is 11.9. The third-order valence-corrected chi connectivity index (χ3v) is 3.71. The van der Waals surface area contributed by atoms with Gasteiger partial charge in [-0.05, 0) is 25.8 Å². The first-order valence-corrected chi connectivity index (χ1v) is 6.62. The van der Waals surface area contributed by atoms with Gasteiger partial charge >= 0.3 is 0 Å². The van der Waals surface area contributed by atoms with Gasteiger partial charge in [0, 0.05) is 18.8 Å². The van der Waals surface area contributed by atoms with Crippen LogP contribution in [0, 0.1) is 12.8 Å². The number of halogens is 2. The number of carbonyl (C=O) groups excluding carboxylic acids is 1. The summed E-state index contributed by atoms with van der Waals surface area (Å²) >= 11 is 0. The van der Waals surface area contributed by atoms with Crippen LogP contribution in [0.25, 0.3) is 0 Å². The fourth-order valence-electron chi connectivity index (χ4n) is 2.44. The fourth-order valence-corrected chi connectivity index (χ4v) is 2.44. The minimum Gasteiger partial charge on any atom is -0.349 e. The molecule has 4 heteroatoms. The largest absolute Gasteiger partial charge is 0.349 e. The molecule has 0 unspecified atom stereocenters. The SMILES string of the molecule is Cc1ccc([C@@H](C)NC(=O)[C@@H]2CCC(F)(F)C2)cc1. The van der Waals surface area contributed by atoms with Gasteiger partial charge in [-0.15, -0.1) is 0 Å². The molecular formula is C15H19F2NO. The van der Waals surface area contributed by atoms with E-state index in [9.17, 15) is 13.6 Å². The number of nitrogens with one attached hydrogen (secondary N) is 1. The molecule has 1 amide bonds. The summed E-state index contributed by atoms with van der Waals surface area (Å²) in [7, 11) is 0. The lowest BCUT2D eigenvalue weighted by molar-refractivity contribution is -0.126. The van der Waals surface area contributed by atoms with Gasteiger partial charge in [-0.25, -0.2) is 8.78 Å². The van der Waals surface area contributed by atoms with Crippen molar-refractivity contribution in [3.63, 3.8) is 0 Å². The van der Waals surface area contributed by atoms with Crippen molar-refractivity contribution in [2.24, 2.45) is 5.92 Å². The van der Waals surface area contributed by atoms with Crippen LogP contribution in [0.5, 0.6) is 0 Å². The van der Waals surface area contributed by atoms with Crippen LogP contribution in [0.4, 0.5) is 8.78 Å². The van der Waals surface area contributed by atoms with E-state index < -0.39 is 11.8 Å². The molecule has 1 N–H and O–H groups in total. The summed E-state index contributed by atoms with van der Waals surface area (Å²) in [6.45, 7) is 3.86. The first kappa shape index (κ1) is 14.0. The highest BCUT2D eigenvalue weighted by Gasteiger charge is 2.42. The van der Waals surface area contributed by atoms with Gasteiger partial charge in [-0.1, -0.05) is 29.8 Å². The van der Waals surface area contributed by atoms with Crippen LogP contribution in [0.15, 0.2) is 24.3 Å². The van der Waals surface area contributed by atoms with Crippen LogP contribution in [-0.4, -0.2) is 11.8 Å². The van der Waals surface area contributed by atoms with Gasteiger partial charge in [0.15, 0.2) is 0 Å². The van der Waals surface area contributed by atoms with Crippen molar-refractivity contribution in [3.8, 4) is 0 Å². The molecule has 1 aromatic rings. The molecule has 0 aliphatic heterocycles. The third-order valence-electron chi connectivity index (χ3n) is 3.71. The fraction of sp³-hybridized carbons (Fsp3) is 0.533. The maximum Gasteiger partial charge on any atom is 0.248 e. The van der Waals surface area contributed by atoms with Gasteiger partial charge in [-0.3, -0.25) is 4.79 Å². The van der Waals surface area contributed by atoms with Crippen molar-refractivity contribution < 1.29 is 13.6 Å². The lowest BCUT2D eigenvalue weighted by Crippen LogP contribution is -2.32. The number of rotatable bonds is 3. The summed E-state index contributed by atoms with van der Waals surface area (Å²) in [5, 5.41) is 2.82. The van der Waals surface area contributed by atoms with Gasteiger partial charge in [0.1, 0.15) is 0 Å². The maximum absolute atomic E-state index is 13.1. The molecular weight excluding hydrogens is 248 g/mol. The highest BCUT2D eigenvalue weighted by Crippen LogP contribution is 2.39. The van der Waals surface area contributed by atoms with E-state index in [4.69, 9.17) is 0 Å². The molecule has 0 bridgehead atoms. The molecule has 1 saturated carbocycles. The van der Waals surface area contributed by atoms with E-state index in [0.29, 0.717) is 0 Å². The Labute approximate surface area is 112 Å². The van der Waals surface area contributed by atoms with E-state index in [1.54, 1.807) is 0 Å². The highest BCUT2D eigenvalue weighted by molar-refractivity contribution is 5.79. The Bertz CT molecular complexity index is 456. The van der Waals surface area contributed by atoms with Crippen molar-refractivity contribution in [3.05, 3.63) is 35.4 Å². The van der Waals surface area contributed by atoms with Gasteiger partial charge in [0.2, 0.25) is 11.8 Å². The Morgan fingerprint density at radius 3 is 2.53 bits per heavy atom. The predicted octanol–water partition coefficient (Wildman–Crippen LogP) is 3.61. The molecule has 0 radical (unpaired) electrons. The number of carbonyl (C=O) groups is 1. The van der Waals surface area contributed by atoms with Crippen LogP contribution in [0.2, 0.25) is 0 Å². The number of benzene rings is 1. The normalized spacial score (nSPS) is 23.1. The predicted molar refractivity (Wildman–Crippen MR) is 70.0 cm³/mol. The van der Waals surface area contributed by atoms with Gasteiger partial charge in [0.05, 0.1) is 6.04 Å². The minimum absolute atomic E-state index is 0.151. The smallest absolute Gasteiger partial charge is 0.248 e. The lowest BCUT2D eigenvalue weighted by Gasteiger charge is -2.17. The number of hydrogen-bond donors (Lipinski definition) is 1. The molecule has 2 atom stereocenters. The average Bonchev–Trinajstić information content (AvgIpc) is 2.70. The number of alkyl halides is 2. The second kappa shape index (κ2) is 5.27. The molecule has 104 valence electrons. The van der Waals surface area contributed by atoms with Crippen molar-refractivity contribution in [1.29, 1.82) is 0 Å². The van der Waals surface area contributed by atoms with Crippen LogP contribution >= 0.6 is 0 Å². The standard InChI is InChI=1S/C15H19F2NO/c1-10-3-5-12(6-4-10)11(2)18-14(19)13-7-8-15(16,17)9-13/h3-6,11,13H,7-9H2,1-2H3,(H,18,19)/t11-,13-/m1/s1. The van der Waals surface area contributed by atoms with E-state index in [1.807, 2.05) is 38.1 Å². The summed E-state index contributed by atoms with van der Waals surface area (Å²) in [5.74, 6) is -3.48. The van der Waals surface area contributed by atoms with Gasteiger partial charge in [-0.2, -0.15) is 0 Å². The Morgan fingerprint density at radius 2 is 2.00 bits per heavy atom. The first-order valence-electron chi connectivity index (χ1n) is 6.62. The molecule has 2 rings (SSSR count). The molecule has 1 aromatic carbocycles. The van der Waals surface area contributed by atoms with E-state index in [0.717, 1.165) is 11.1 Å². The zero-order chi connectivity index (χ0) is 14.0. The van der Waals surface area contributed by atoms with Gasteiger partial charge in [0.25, 0.3) is 0 Å². The highest BCUT2D eigenvalue weighted by atomic mass is 19.3. The maximum atomic E-state index is 13.1. The molecule has 0 saturated heterocycles. The lowest BCUT2D eigenvalue weighted by atomic mass is 10.0. The van der Waals surface area contributed by atoms with Crippen molar-refractivity contribution in [2.45, 2.75) is 45.1 Å². The van der Waals surface area contributed by atoms with E-state index in [1.165, 1.54) is 0 Å². The minimum atomic E-state index is -2.67. The number of hydrogen-bond acceptors (Lipinski definition) is 1. The molecule has 1 fully saturated rings. The van der Waals surface area contributed by atoms with Crippen LogP contribution < -0.4 is 5.32 Å². The van der Waals surface area contributed by atoms with Crippen LogP contribution in [-0.2, 0) is 4.79 Å². The average molecular weight is 267 g/mol. The van der Waals surface area contributed by atoms with Crippen LogP contribution in [0.1, 0.15) is 43.4 Å². The summed E-state index contributed by atoms with van der Waals surface area (Å²) in [6, 6.07) is 7.69. The van der Waals surface area contributed by atoms with Crippen molar-refractivity contribution in [1.82, 2.24) is 5.32 Å². The quantitative estimate of drug-likeness (QED) is 0.890. The summed E-state index contributed by atoms with van der Waals surface area (Å²) in [6.07, 6.45) is -0.219. The Hall–Kier alpha value is -1.45. The molecule has 0 aromatic heterocycles. The number of aryl methyl sites for hydroxylation is 1.